The van der Waals surface area contributed by atoms with Gasteiger partial charge in [-0.05, 0) is 54.5 Å². The number of nitrogens with zero attached hydrogens (tertiary/aromatic N) is 3. The Labute approximate surface area is 180 Å². The standard InChI is InChI=1S/C20H19ClF3N3O4/c21-16-2-1-14(20(22,23)24)5-13(16)10-31-15-6-11-8-26(9-12(11)7-15)19(30)27-4-3-17(25-27)18(28)29/h1-5,11-12,15H,6-10H2,(H,28,29)/t11-,12+,15?. The molecule has 1 unspecified atom stereocenters. The molecule has 1 amide bonds. The fourth-order valence-corrected chi connectivity index (χ4v) is 4.47. The van der Waals surface area contributed by atoms with Crippen molar-refractivity contribution < 1.29 is 32.6 Å². The molecule has 0 radical (unpaired) electrons. The third-order valence-corrected chi connectivity index (χ3v) is 6.20. The number of halogens is 4. The van der Waals surface area contributed by atoms with E-state index in [2.05, 4.69) is 5.10 Å². The van der Waals surface area contributed by atoms with E-state index in [1.807, 2.05) is 0 Å². The SMILES string of the molecule is O=C(O)c1ccn(C(=O)N2C[C@H]3CC(OCc4cc(C(F)(F)F)ccc4Cl)C[C@H]3C2)n1. The van der Waals surface area contributed by atoms with E-state index in [1.165, 1.54) is 18.3 Å². The van der Waals surface area contributed by atoms with Crippen LogP contribution in [0.15, 0.2) is 30.5 Å². The van der Waals surface area contributed by atoms with Crippen LogP contribution >= 0.6 is 11.6 Å². The third-order valence-electron chi connectivity index (χ3n) is 5.83. The number of hydrogen-bond donors (Lipinski definition) is 1. The molecule has 1 aromatic carbocycles. The number of carbonyl (C=O) groups excluding carboxylic acids is 1. The highest BCUT2D eigenvalue weighted by Crippen LogP contribution is 2.40. The van der Waals surface area contributed by atoms with Crippen molar-refractivity contribution in [3.05, 3.63) is 52.3 Å². The van der Waals surface area contributed by atoms with Gasteiger partial charge < -0.3 is 14.7 Å². The number of likely N-dealkylation sites (tertiary alicyclic amines) is 1. The second-order valence-electron chi connectivity index (χ2n) is 7.87. The first-order valence-electron chi connectivity index (χ1n) is 9.67. The van der Waals surface area contributed by atoms with Crippen LogP contribution in [0.1, 0.15) is 34.5 Å². The van der Waals surface area contributed by atoms with Gasteiger partial charge in [0.05, 0.1) is 18.3 Å². The van der Waals surface area contributed by atoms with Crippen LogP contribution in [0.5, 0.6) is 0 Å². The lowest BCUT2D eigenvalue weighted by molar-refractivity contribution is -0.137. The molecule has 1 aliphatic carbocycles. The van der Waals surface area contributed by atoms with Crippen molar-refractivity contribution in [2.24, 2.45) is 11.8 Å². The average molecular weight is 458 g/mol. The zero-order chi connectivity index (χ0) is 22.3. The topological polar surface area (TPSA) is 84.7 Å². The molecule has 0 spiro atoms. The van der Waals surface area contributed by atoms with Gasteiger partial charge in [0, 0.05) is 24.3 Å². The van der Waals surface area contributed by atoms with Gasteiger partial charge in [-0.25, -0.2) is 9.59 Å². The normalized spacial score (nSPS) is 23.2. The van der Waals surface area contributed by atoms with Crippen molar-refractivity contribution in [2.75, 3.05) is 13.1 Å². The van der Waals surface area contributed by atoms with Crippen molar-refractivity contribution >= 4 is 23.6 Å². The van der Waals surface area contributed by atoms with Gasteiger partial charge in [0.2, 0.25) is 0 Å². The van der Waals surface area contributed by atoms with Crippen LogP contribution in [0.2, 0.25) is 5.02 Å². The molecule has 166 valence electrons. The van der Waals surface area contributed by atoms with Crippen LogP contribution in [0.25, 0.3) is 0 Å². The number of carboxylic acids is 1. The maximum absolute atomic E-state index is 12.9. The Morgan fingerprint density at radius 3 is 2.45 bits per heavy atom. The van der Waals surface area contributed by atoms with Crippen molar-refractivity contribution in [1.29, 1.82) is 0 Å². The Hall–Kier alpha value is -2.59. The molecule has 1 saturated carbocycles. The summed E-state index contributed by atoms with van der Waals surface area (Å²) in [6, 6.07) is 4.06. The Morgan fingerprint density at radius 2 is 1.87 bits per heavy atom. The molecule has 3 atom stereocenters. The average Bonchev–Trinajstić information content (AvgIpc) is 3.40. The fourth-order valence-electron chi connectivity index (χ4n) is 4.30. The smallest absolute Gasteiger partial charge is 0.416 e. The Morgan fingerprint density at radius 1 is 1.19 bits per heavy atom. The number of ether oxygens (including phenoxy) is 1. The second kappa shape index (κ2) is 8.16. The number of aromatic carboxylic acids is 1. The van der Waals surface area contributed by atoms with E-state index in [9.17, 15) is 22.8 Å². The summed E-state index contributed by atoms with van der Waals surface area (Å²) in [5, 5.41) is 12.9. The van der Waals surface area contributed by atoms with Gasteiger partial charge in [-0.15, -0.1) is 0 Å². The molecule has 7 nitrogen and oxygen atoms in total. The minimum atomic E-state index is -4.44. The molecule has 1 N–H and O–H groups in total. The molecule has 11 heteroatoms. The van der Waals surface area contributed by atoms with Crippen LogP contribution < -0.4 is 0 Å². The maximum atomic E-state index is 12.9. The lowest BCUT2D eigenvalue weighted by Crippen LogP contribution is -2.34. The number of rotatable bonds is 4. The van der Waals surface area contributed by atoms with Crippen molar-refractivity contribution in [1.82, 2.24) is 14.7 Å². The molecular formula is C20H19ClF3N3O4. The summed E-state index contributed by atoms with van der Waals surface area (Å²) < 4.78 is 45.6. The van der Waals surface area contributed by atoms with Gasteiger partial charge in [-0.1, -0.05) is 11.6 Å². The zero-order valence-electron chi connectivity index (χ0n) is 16.2. The molecular weight excluding hydrogens is 439 g/mol. The summed E-state index contributed by atoms with van der Waals surface area (Å²) in [6.07, 6.45) is -1.87. The van der Waals surface area contributed by atoms with Crippen molar-refractivity contribution in [3.8, 4) is 0 Å². The summed E-state index contributed by atoms with van der Waals surface area (Å²) in [6.45, 7) is 0.979. The highest BCUT2D eigenvalue weighted by molar-refractivity contribution is 6.31. The molecule has 1 aliphatic heterocycles. The number of hydrogen-bond acceptors (Lipinski definition) is 4. The van der Waals surface area contributed by atoms with Gasteiger partial charge in [-0.3, -0.25) is 0 Å². The van der Waals surface area contributed by atoms with Crippen molar-refractivity contribution in [2.45, 2.75) is 31.7 Å². The Kier molecular flexibility index (Phi) is 5.69. The van der Waals surface area contributed by atoms with Gasteiger partial charge in [0.1, 0.15) is 0 Å². The molecule has 2 aliphatic rings. The van der Waals surface area contributed by atoms with Gasteiger partial charge in [0.25, 0.3) is 0 Å². The highest BCUT2D eigenvalue weighted by atomic mass is 35.5. The number of benzene rings is 1. The summed E-state index contributed by atoms with van der Waals surface area (Å²) in [5.74, 6) is -0.786. The lowest BCUT2D eigenvalue weighted by atomic mass is 10.0. The minimum Gasteiger partial charge on any atom is -0.476 e. The highest BCUT2D eigenvalue weighted by Gasteiger charge is 2.43. The molecule has 1 aromatic heterocycles. The first kappa shape index (κ1) is 21.6. The van der Waals surface area contributed by atoms with Gasteiger partial charge >= 0.3 is 18.2 Å². The van der Waals surface area contributed by atoms with Crippen LogP contribution in [-0.2, 0) is 17.5 Å². The van der Waals surface area contributed by atoms with Crippen LogP contribution in [0.4, 0.5) is 18.0 Å². The van der Waals surface area contributed by atoms with E-state index in [4.69, 9.17) is 21.4 Å². The number of carbonyl (C=O) groups is 2. The number of aromatic nitrogens is 2. The monoisotopic (exact) mass is 457 g/mol. The predicted octanol–water partition coefficient (Wildman–Crippen LogP) is 4.15. The maximum Gasteiger partial charge on any atom is 0.416 e. The molecule has 1 saturated heterocycles. The van der Waals surface area contributed by atoms with Crippen molar-refractivity contribution in [3.63, 3.8) is 0 Å². The summed E-state index contributed by atoms with van der Waals surface area (Å²) in [7, 11) is 0. The van der Waals surface area contributed by atoms with Gasteiger partial charge in [0.15, 0.2) is 5.69 Å². The van der Waals surface area contributed by atoms with E-state index >= 15 is 0 Å². The summed E-state index contributed by atoms with van der Waals surface area (Å²) in [5.41, 5.74) is -0.676. The number of fused-ring (bicyclic) bond motifs is 1. The first-order chi connectivity index (χ1) is 14.6. The summed E-state index contributed by atoms with van der Waals surface area (Å²) in [4.78, 5) is 25.1. The first-order valence-corrected chi connectivity index (χ1v) is 10.0. The largest absolute Gasteiger partial charge is 0.476 e. The van der Waals surface area contributed by atoms with Gasteiger partial charge in [-0.2, -0.15) is 23.0 Å². The minimum absolute atomic E-state index is 0.0131. The lowest BCUT2D eigenvalue weighted by Gasteiger charge is -2.19. The Balaban J connectivity index is 1.32. The van der Waals surface area contributed by atoms with E-state index in [0.717, 1.165) is 16.8 Å². The van der Waals surface area contributed by atoms with E-state index < -0.39 is 17.7 Å². The second-order valence-corrected chi connectivity index (χ2v) is 8.27. The quantitative estimate of drug-likeness (QED) is 0.745. The number of amides is 1. The number of carboxylic acid groups (broad SMARTS) is 1. The molecule has 2 aromatic rings. The molecule has 31 heavy (non-hydrogen) atoms. The molecule has 0 bridgehead atoms. The zero-order valence-corrected chi connectivity index (χ0v) is 16.9. The summed E-state index contributed by atoms with van der Waals surface area (Å²) >= 11 is 6.02. The van der Waals surface area contributed by atoms with Crippen LogP contribution in [-0.4, -0.2) is 51.0 Å². The Bertz CT molecular complexity index is 996. The van der Waals surface area contributed by atoms with Crippen LogP contribution in [0, 0.1) is 11.8 Å². The van der Waals surface area contributed by atoms with E-state index in [1.54, 1.807) is 4.90 Å². The predicted molar refractivity (Wildman–Crippen MR) is 103 cm³/mol. The van der Waals surface area contributed by atoms with E-state index in [0.29, 0.717) is 31.5 Å². The third kappa shape index (κ3) is 4.54. The molecule has 2 heterocycles. The number of alkyl halides is 3. The fraction of sp³-hybridized carbons (Fsp3) is 0.450. The van der Waals surface area contributed by atoms with Crippen LogP contribution in [0.3, 0.4) is 0 Å². The molecule has 2 fully saturated rings. The van der Waals surface area contributed by atoms with E-state index in [-0.39, 0.29) is 41.3 Å². The molecule has 4 rings (SSSR count).